The van der Waals surface area contributed by atoms with Crippen LogP contribution in [-0.2, 0) is 4.79 Å². The first-order valence-corrected chi connectivity index (χ1v) is 13.4. The summed E-state index contributed by atoms with van der Waals surface area (Å²) in [6.07, 6.45) is 16.4. The van der Waals surface area contributed by atoms with Crippen LogP contribution < -0.4 is 5.32 Å². The molecule has 2 aromatic rings. The molecule has 1 unspecified atom stereocenters. The smallest absolute Gasteiger partial charge is 0.248 e. The second-order valence-corrected chi connectivity index (χ2v) is 10.2. The molecule has 3 heteroatoms. The van der Waals surface area contributed by atoms with Crippen LogP contribution in [0.15, 0.2) is 107 Å². The number of hydrogen-bond donors (Lipinski definition) is 1. The highest BCUT2D eigenvalue weighted by Crippen LogP contribution is 2.46. The van der Waals surface area contributed by atoms with Gasteiger partial charge in [0, 0.05) is 29.6 Å². The van der Waals surface area contributed by atoms with Crippen LogP contribution in [0, 0.1) is 12.3 Å². The Bertz CT molecular complexity index is 1180. The van der Waals surface area contributed by atoms with Gasteiger partial charge in [0.1, 0.15) is 0 Å². The summed E-state index contributed by atoms with van der Waals surface area (Å²) in [4.78, 5) is 16.9. The van der Waals surface area contributed by atoms with E-state index in [-0.39, 0.29) is 11.3 Å². The van der Waals surface area contributed by atoms with Crippen molar-refractivity contribution in [1.29, 1.82) is 0 Å². The minimum atomic E-state index is -0.126. The third-order valence-corrected chi connectivity index (χ3v) is 6.66. The van der Waals surface area contributed by atoms with E-state index in [0.29, 0.717) is 5.92 Å². The molecule has 3 nitrogen and oxygen atoms in total. The van der Waals surface area contributed by atoms with Crippen molar-refractivity contribution in [1.82, 2.24) is 4.98 Å². The van der Waals surface area contributed by atoms with Crippen molar-refractivity contribution in [2.45, 2.75) is 74.1 Å². The van der Waals surface area contributed by atoms with Gasteiger partial charge in [-0.2, -0.15) is 0 Å². The number of nitrogens with zero attached hydrogens (tertiary/aromatic N) is 1. The van der Waals surface area contributed by atoms with Gasteiger partial charge in [0.15, 0.2) is 0 Å². The van der Waals surface area contributed by atoms with Gasteiger partial charge in [-0.05, 0) is 80.9 Å². The molecule has 0 spiro atoms. The normalized spacial score (nSPS) is 18.1. The van der Waals surface area contributed by atoms with E-state index in [1.165, 1.54) is 22.4 Å². The van der Waals surface area contributed by atoms with Gasteiger partial charge in [-0.25, -0.2) is 0 Å². The number of allylic oxidation sites excluding steroid dienone is 9. The third kappa shape index (κ3) is 9.17. The van der Waals surface area contributed by atoms with Crippen LogP contribution in [0.4, 0.5) is 5.69 Å². The highest BCUT2D eigenvalue weighted by atomic mass is 16.1. The first-order chi connectivity index (χ1) is 17.7. The van der Waals surface area contributed by atoms with Crippen LogP contribution in [0.1, 0.15) is 78.5 Å². The van der Waals surface area contributed by atoms with Gasteiger partial charge in [-0.3, -0.25) is 9.78 Å². The van der Waals surface area contributed by atoms with Crippen LogP contribution in [0.25, 0.3) is 0 Å². The van der Waals surface area contributed by atoms with Crippen molar-refractivity contribution in [3.8, 4) is 0 Å². The maximum Gasteiger partial charge on any atom is 0.248 e. The molecule has 1 aromatic heterocycles. The van der Waals surface area contributed by atoms with Gasteiger partial charge in [0.2, 0.25) is 5.91 Å². The highest BCUT2D eigenvalue weighted by molar-refractivity contribution is 5.99. The van der Waals surface area contributed by atoms with Gasteiger partial charge in [0.05, 0.1) is 0 Å². The zero-order valence-corrected chi connectivity index (χ0v) is 23.9. The molecule has 0 fully saturated rings. The van der Waals surface area contributed by atoms with E-state index >= 15 is 0 Å². The van der Waals surface area contributed by atoms with Crippen LogP contribution in [-0.4, -0.2) is 10.9 Å². The summed E-state index contributed by atoms with van der Waals surface area (Å²) in [5.74, 6) is 0.251. The van der Waals surface area contributed by atoms with E-state index in [0.717, 1.165) is 29.7 Å². The molecule has 0 bridgehead atoms. The fourth-order valence-corrected chi connectivity index (χ4v) is 4.57. The summed E-state index contributed by atoms with van der Waals surface area (Å²) in [6.45, 7) is 17.0. The molecule has 1 aliphatic carbocycles. The molecule has 3 rings (SSSR count). The Labute approximate surface area is 224 Å². The summed E-state index contributed by atoms with van der Waals surface area (Å²) in [6, 6.07) is 13.8. The van der Waals surface area contributed by atoms with Crippen molar-refractivity contribution in [3.63, 3.8) is 0 Å². The SMILES string of the molecule is CC.CC1=C(/C=C/C(C)=C/C=C/C(C)=C\C(=O)Nc2ccccc2)C(C)(C)CCC1c1ccc(C)cn1. The molecule has 1 aromatic carbocycles. The van der Waals surface area contributed by atoms with Crippen molar-refractivity contribution < 1.29 is 4.79 Å². The number of carbonyl (C=O) groups excluding carboxylic acids is 1. The number of amides is 1. The average molecular weight is 497 g/mol. The summed E-state index contributed by atoms with van der Waals surface area (Å²) < 4.78 is 0. The molecule has 0 saturated heterocycles. The Kier molecular flexibility index (Phi) is 11.5. The van der Waals surface area contributed by atoms with E-state index < -0.39 is 0 Å². The molecule has 37 heavy (non-hydrogen) atoms. The number of pyridine rings is 1. The molecule has 0 saturated carbocycles. The lowest BCUT2D eigenvalue weighted by molar-refractivity contribution is -0.111. The van der Waals surface area contributed by atoms with Crippen molar-refractivity contribution >= 4 is 11.6 Å². The molecule has 0 radical (unpaired) electrons. The number of nitrogens with one attached hydrogen (secondary N) is 1. The Balaban J connectivity index is 0.00000235. The number of benzene rings is 1. The average Bonchev–Trinajstić information content (AvgIpc) is 2.86. The monoisotopic (exact) mass is 496 g/mol. The fraction of sp³-hybridized carbons (Fsp3) is 0.353. The molecular formula is C34H44N2O. The van der Waals surface area contributed by atoms with Gasteiger partial charge in [-0.15, -0.1) is 0 Å². The van der Waals surface area contributed by atoms with Gasteiger partial charge in [-0.1, -0.05) is 93.5 Å². The number of aryl methyl sites for hydroxylation is 1. The molecule has 0 aliphatic heterocycles. The van der Waals surface area contributed by atoms with E-state index in [9.17, 15) is 4.79 Å². The predicted molar refractivity (Wildman–Crippen MR) is 160 cm³/mol. The van der Waals surface area contributed by atoms with Gasteiger partial charge < -0.3 is 5.32 Å². The van der Waals surface area contributed by atoms with E-state index in [1.807, 2.05) is 69.5 Å². The first-order valence-electron chi connectivity index (χ1n) is 13.4. The van der Waals surface area contributed by atoms with Crippen molar-refractivity contribution in [2.75, 3.05) is 5.32 Å². The van der Waals surface area contributed by atoms with Gasteiger partial charge >= 0.3 is 0 Å². The standard InChI is InChI=1S/C32H38N2O.C2H6/c1-23(11-10-12-24(2)21-31(35)34-27-13-8-7-9-14-27)15-17-29-26(4)28(19-20-32(29,5)6)30-18-16-25(3)22-33-30;1-2/h7-18,21-22,28H,19-20H2,1-6H3,(H,34,35);1-2H3/b12-10+,17-15+,23-11+,24-21-;. The zero-order chi connectivity index (χ0) is 27.4. The number of anilines is 1. The molecular weight excluding hydrogens is 452 g/mol. The summed E-state index contributed by atoms with van der Waals surface area (Å²) in [5.41, 5.74) is 8.18. The highest BCUT2D eigenvalue weighted by Gasteiger charge is 2.32. The summed E-state index contributed by atoms with van der Waals surface area (Å²) in [7, 11) is 0. The number of aromatic nitrogens is 1. The maximum absolute atomic E-state index is 12.2. The largest absolute Gasteiger partial charge is 0.323 e. The molecule has 1 amide bonds. The lowest BCUT2D eigenvalue weighted by atomic mass is 9.68. The first kappa shape index (κ1) is 29.8. The topological polar surface area (TPSA) is 42.0 Å². The Hall–Kier alpha value is -3.46. The number of carbonyl (C=O) groups is 1. The van der Waals surface area contributed by atoms with E-state index in [1.54, 1.807) is 6.08 Å². The lowest BCUT2D eigenvalue weighted by Crippen LogP contribution is -2.24. The summed E-state index contributed by atoms with van der Waals surface area (Å²) >= 11 is 0. The number of hydrogen-bond acceptors (Lipinski definition) is 2. The van der Waals surface area contributed by atoms with Gasteiger partial charge in [0.25, 0.3) is 0 Å². The van der Waals surface area contributed by atoms with Crippen LogP contribution in [0.3, 0.4) is 0 Å². The van der Waals surface area contributed by atoms with E-state index in [4.69, 9.17) is 4.98 Å². The number of para-hydroxylation sites is 1. The molecule has 1 atom stereocenters. The zero-order valence-electron chi connectivity index (χ0n) is 23.9. The lowest BCUT2D eigenvalue weighted by Gasteiger charge is -2.37. The second kappa shape index (κ2) is 14.3. The Morgan fingerprint density at radius 2 is 1.70 bits per heavy atom. The fourth-order valence-electron chi connectivity index (χ4n) is 4.57. The summed E-state index contributed by atoms with van der Waals surface area (Å²) in [5, 5.41) is 2.87. The van der Waals surface area contributed by atoms with Crippen LogP contribution in [0.2, 0.25) is 0 Å². The maximum atomic E-state index is 12.2. The third-order valence-electron chi connectivity index (χ3n) is 6.66. The minimum Gasteiger partial charge on any atom is -0.323 e. The minimum absolute atomic E-state index is 0.126. The van der Waals surface area contributed by atoms with E-state index in [2.05, 4.69) is 70.3 Å². The van der Waals surface area contributed by atoms with Crippen molar-refractivity contribution in [2.24, 2.45) is 5.41 Å². The molecule has 1 aliphatic rings. The molecule has 1 N–H and O–H groups in total. The second-order valence-electron chi connectivity index (χ2n) is 10.2. The Morgan fingerprint density at radius 1 is 1.00 bits per heavy atom. The quantitative estimate of drug-likeness (QED) is 0.306. The van der Waals surface area contributed by atoms with Crippen molar-refractivity contribution in [3.05, 3.63) is 119 Å². The molecule has 196 valence electrons. The van der Waals surface area contributed by atoms with Crippen LogP contribution in [0.5, 0.6) is 0 Å². The number of rotatable bonds is 7. The van der Waals surface area contributed by atoms with Crippen LogP contribution >= 0.6 is 0 Å². The Morgan fingerprint density at radius 3 is 2.35 bits per heavy atom. The molecule has 1 heterocycles. The predicted octanol–water partition coefficient (Wildman–Crippen LogP) is 9.28.